The SMILES string of the molecule is CCN(c1ccc(NC(=O)C2(CN)CCC2)cc1)C(C)C. The lowest BCUT2D eigenvalue weighted by Crippen LogP contribution is -2.47. The lowest BCUT2D eigenvalue weighted by Gasteiger charge is -2.39. The van der Waals surface area contributed by atoms with Gasteiger partial charge in [0.05, 0.1) is 5.41 Å². The molecule has 0 atom stereocenters. The predicted molar refractivity (Wildman–Crippen MR) is 88.6 cm³/mol. The van der Waals surface area contributed by atoms with Crippen LogP contribution in [-0.4, -0.2) is 25.0 Å². The van der Waals surface area contributed by atoms with Crippen LogP contribution in [0.15, 0.2) is 24.3 Å². The third-order valence-electron chi connectivity index (χ3n) is 4.60. The lowest BCUT2D eigenvalue weighted by molar-refractivity contribution is -0.129. The van der Waals surface area contributed by atoms with Crippen LogP contribution in [0.3, 0.4) is 0 Å². The highest BCUT2D eigenvalue weighted by Gasteiger charge is 2.42. The normalized spacial score (nSPS) is 16.4. The summed E-state index contributed by atoms with van der Waals surface area (Å²) in [5.41, 5.74) is 7.48. The smallest absolute Gasteiger partial charge is 0.231 e. The third kappa shape index (κ3) is 3.21. The van der Waals surface area contributed by atoms with E-state index in [1.54, 1.807) is 0 Å². The highest BCUT2D eigenvalue weighted by Crippen LogP contribution is 2.40. The molecule has 1 amide bonds. The molecule has 0 unspecified atom stereocenters. The molecule has 1 aromatic rings. The van der Waals surface area contributed by atoms with E-state index in [2.05, 4.69) is 43.1 Å². The molecule has 116 valence electrons. The number of anilines is 2. The lowest BCUT2D eigenvalue weighted by atomic mass is 9.68. The van der Waals surface area contributed by atoms with Crippen LogP contribution < -0.4 is 16.0 Å². The van der Waals surface area contributed by atoms with Crippen molar-refractivity contribution in [2.45, 2.75) is 46.1 Å². The Kier molecular flexibility index (Phi) is 4.88. The van der Waals surface area contributed by atoms with Crippen molar-refractivity contribution in [3.05, 3.63) is 24.3 Å². The second-order valence-electron chi connectivity index (χ2n) is 6.22. The predicted octanol–water partition coefficient (Wildman–Crippen LogP) is 2.99. The molecule has 0 aliphatic heterocycles. The monoisotopic (exact) mass is 289 g/mol. The van der Waals surface area contributed by atoms with E-state index in [0.29, 0.717) is 12.6 Å². The van der Waals surface area contributed by atoms with Crippen LogP contribution in [0.25, 0.3) is 0 Å². The van der Waals surface area contributed by atoms with E-state index in [-0.39, 0.29) is 11.3 Å². The minimum absolute atomic E-state index is 0.0696. The summed E-state index contributed by atoms with van der Waals surface area (Å²) < 4.78 is 0. The molecule has 0 bridgehead atoms. The number of rotatable bonds is 6. The molecule has 3 N–H and O–H groups in total. The van der Waals surface area contributed by atoms with Gasteiger partial charge in [0.25, 0.3) is 0 Å². The Morgan fingerprint density at radius 3 is 2.33 bits per heavy atom. The van der Waals surface area contributed by atoms with Gasteiger partial charge in [0, 0.05) is 30.5 Å². The molecule has 1 aromatic carbocycles. The Bertz CT molecular complexity index is 472. The molecular formula is C17H27N3O. The summed E-state index contributed by atoms with van der Waals surface area (Å²) in [7, 11) is 0. The van der Waals surface area contributed by atoms with E-state index in [1.807, 2.05) is 12.1 Å². The molecular weight excluding hydrogens is 262 g/mol. The molecule has 21 heavy (non-hydrogen) atoms. The third-order valence-corrected chi connectivity index (χ3v) is 4.60. The Labute approximate surface area is 127 Å². The van der Waals surface area contributed by atoms with Crippen LogP contribution in [0.2, 0.25) is 0 Å². The Morgan fingerprint density at radius 2 is 1.95 bits per heavy atom. The standard InChI is InChI=1S/C17H27N3O/c1-4-20(13(2)3)15-8-6-14(7-9-15)19-16(21)17(12-18)10-5-11-17/h6-9,13H,4-5,10-12,18H2,1-3H3,(H,19,21). The number of nitrogens with two attached hydrogens (primary N) is 1. The number of carbonyl (C=O) groups is 1. The van der Waals surface area contributed by atoms with Gasteiger partial charge in [-0.25, -0.2) is 0 Å². The fourth-order valence-corrected chi connectivity index (χ4v) is 2.97. The van der Waals surface area contributed by atoms with Crippen LogP contribution in [-0.2, 0) is 4.79 Å². The van der Waals surface area contributed by atoms with Crippen LogP contribution >= 0.6 is 0 Å². The van der Waals surface area contributed by atoms with Crippen LogP contribution in [0.5, 0.6) is 0 Å². The van der Waals surface area contributed by atoms with Gasteiger partial charge >= 0.3 is 0 Å². The van der Waals surface area contributed by atoms with Gasteiger partial charge in [0.2, 0.25) is 5.91 Å². The molecule has 4 nitrogen and oxygen atoms in total. The zero-order chi connectivity index (χ0) is 15.5. The average Bonchev–Trinajstić information content (AvgIpc) is 2.40. The number of amides is 1. The van der Waals surface area contributed by atoms with Gasteiger partial charge in [-0.3, -0.25) is 4.79 Å². The molecule has 0 spiro atoms. The first-order valence-corrected chi connectivity index (χ1v) is 7.90. The summed E-state index contributed by atoms with van der Waals surface area (Å²) >= 11 is 0. The first kappa shape index (κ1) is 15.8. The second-order valence-corrected chi connectivity index (χ2v) is 6.22. The van der Waals surface area contributed by atoms with Gasteiger partial charge < -0.3 is 16.0 Å². The van der Waals surface area contributed by atoms with Gasteiger partial charge in [0.1, 0.15) is 0 Å². The highest BCUT2D eigenvalue weighted by atomic mass is 16.2. The van der Waals surface area contributed by atoms with Gasteiger partial charge in [-0.05, 0) is 57.9 Å². The molecule has 1 aliphatic rings. The number of carbonyl (C=O) groups excluding carboxylic acids is 1. The van der Waals surface area contributed by atoms with Gasteiger partial charge in [-0.15, -0.1) is 0 Å². The van der Waals surface area contributed by atoms with Gasteiger partial charge in [-0.2, -0.15) is 0 Å². The highest BCUT2D eigenvalue weighted by molar-refractivity contribution is 5.96. The Balaban J connectivity index is 2.04. The summed E-state index contributed by atoms with van der Waals surface area (Å²) in [5, 5.41) is 3.01. The molecule has 2 rings (SSSR count). The van der Waals surface area contributed by atoms with Crippen molar-refractivity contribution >= 4 is 17.3 Å². The summed E-state index contributed by atoms with van der Waals surface area (Å²) in [4.78, 5) is 14.6. The Hall–Kier alpha value is -1.55. The zero-order valence-electron chi connectivity index (χ0n) is 13.4. The fourth-order valence-electron chi connectivity index (χ4n) is 2.97. The van der Waals surface area contributed by atoms with Crippen LogP contribution in [0.4, 0.5) is 11.4 Å². The summed E-state index contributed by atoms with van der Waals surface area (Å²) in [6, 6.07) is 8.54. The van der Waals surface area contributed by atoms with Gasteiger partial charge in [0.15, 0.2) is 0 Å². The number of benzene rings is 1. The number of hydrogen-bond donors (Lipinski definition) is 2. The second kappa shape index (κ2) is 6.48. The maximum absolute atomic E-state index is 12.3. The minimum Gasteiger partial charge on any atom is -0.369 e. The molecule has 1 aliphatic carbocycles. The van der Waals surface area contributed by atoms with E-state index >= 15 is 0 Å². The largest absolute Gasteiger partial charge is 0.369 e. The maximum atomic E-state index is 12.3. The topological polar surface area (TPSA) is 58.4 Å². The van der Waals surface area contributed by atoms with Crippen molar-refractivity contribution in [1.82, 2.24) is 0 Å². The van der Waals surface area contributed by atoms with Crippen molar-refractivity contribution in [3.63, 3.8) is 0 Å². The zero-order valence-corrected chi connectivity index (χ0v) is 13.4. The van der Waals surface area contributed by atoms with Crippen molar-refractivity contribution in [2.75, 3.05) is 23.3 Å². The van der Waals surface area contributed by atoms with Crippen molar-refractivity contribution < 1.29 is 4.79 Å². The quantitative estimate of drug-likeness (QED) is 0.846. The molecule has 1 saturated carbocycles. The number of hydrogen-bond acceptors (Lipinski definition) is 3. The molecule has 0 radical (unpaired) electrons. The van der Waals surface area contributed by atoms with E-state index in [0.717, 1.165) is 31.5 Å². The Morgan fingerprint density at radius 1 is 1.33 bits per heavy atom. The fraction of sp³-hybridized carbons (Fsp3) is 0.588. The molecule has 0 heterocycles. The van der Waals surface area contributed by atoms with Gasteiger partial charge in [-0.1, -0.05) is 6.42 Å². The van der Waals surface area contributed by atoms with Crippen LogP contribution in [0, 0.1) is 5.41 Å². The first-order chi connectivity index (χ1) is 10.0. The summed E-state index contributed by atoms with van der Waals surface area (Å²) in [5.74, 6) is 0.0696. The van der Waals surface area contributed by atoms with Crippen LogP contribution in [0.1, 0.15) is 40.0 Å². The van der Waals surface area contributed by atoms with Crippen molar-refractivity contribution in [2.24, 2.45) is 11.1 Å². The van der Waals surface area contributed by atoms with E-state index in [1.165, 1.54) is 5.69 Å². The number of nitrogens with zero attached hydrogens (tertiary/aromatic N) is 1. The van der Waals surface area contributed by atoms with Crippen molar-refractivity contribution in [3.8, 4) is 0 Å². The van der Waals surface area contributed by atoms with Crippen molar-refractivity contribution in [1.29, 1.82) is 0 Å². The summed E-state index contributed by atoms with van der Waals surface area (Å²) in [6.45, 7) is 7.92. The van der Waals surface area contributed by atoms with E-state index in [4.69, 9.17) is 5.73 Å². The summed E-state index contributed by atoms with van der Waals surface area (Å²) in [6.07, 6.45) is 2.91. The van der Waals surface area contributed by atoms with E-state index < -0.39 is 0 Å². The molecule has 0 aromatic heterocycles. The van der Waals surface area contributed by atoms with E-state index in [9.17, 15) is 4.79 Å². The maximum Gasteiger partial charge on any atom is 0.231 e. The first-order valence-electron chi connectivity index (χ1n) is 7.90. The minimum atomic E-state index is -0.327. The number of nitrogens with one attached hydrogen (secondary N) is 1. The molecule has 4 heteroatoms. The molecule has 1 fully saturated rings. The molecule has 0 saturated heterocycles. The average molecular weight is 289 g/mol.